The highest BCUT2D eigenvalue weighted by Gasteiger charge is 2.20. The van der Waals surface area contributed by atoms with Crippen molar-refractivity contribution in [1.29, 1.82) is 0 Å². The molecule has 4 rings (SSSR count). The quantitative estimate of drug-likeness (QED) is 0.365. The van der Waals surface area contributed by atoms with E-state index in [2.05, 4.69) is 67.1 Å². The molecule has 31 heavy (non-hydrogen) atoms. The molecule has 0 fully saturated rings. The standard InChI is InChI=1S/C27H28N2O2/c1-5-25-26(21-10-14-23(30-3)15-11-21)28-29(18-20-8-6-19(2)7-9-20)27(25)22-12-16-24(31-4)17-13-22/h6-17H,5,18H2,1-4H3. The number of rotatable bonds is 7. The van der Waals surface area contributed by atoms with Crippen molar-refractivity contribution in [1.82, 2.24) is 9.78 Å². The fraction of sp³-hybridized carbons (Fsp3) is 0.222. The van der Waals surface area contributed by atoms with Gasteiger partial charge in [0, 0.05) is 16.7 Å². The molecule has 0 spiro atoms. The minimum atomic E-state index is 0.713. The van der Waals surface area contributed by atoms with Crippen molar-refractivity contribution < 1.29 is 9.47 Å². The van der Waals surface area contributed by atoms with Gasteiger partial charge in [0.2, 0.25) is 0 Å². The van der Waals surface area contributed by atoms with Crippen molar-refractivity contribution in [3.05, 3.63) is 89.5 Å². The monoisotopic (exact) mass is 412 g/mol. The van der Waals surface area contributed by atoms with Crippen molar-refractivity contribution in [3.63, 3.8) is 0 Å². The van der Waals surface area contributed by atoms with Crippen LogP contribution >= 0.6 is 0 Å². The molecule has 4 nitrogen and oxygen atoms in total. The Morgan fingerprint density at radius 1 is 0.742 bits per heavy atom. The third-order valence-corrected chi connectivity index (χ3v) is 5.58. The van der Waals surface area contributed by atoms with Gasteiger partial charge >= 0.3 is 0 Å². The molecule has 0 aliphatic rings. The first kappa shape index (κ1) is 20.7. The predicted molar refractivity (Wildman–Crippen MR) is 126 cm³/mol. The Morgan fingerprint density at radius 2 is 1.29 bits per heavy atom. The third-order valence-electron chi connectivity index (χ3n) is 5.58. The second kappa shape index (κ2) is 9.09. The van der Waals surface area contributed by atoms with E-state index in [9.17, 15) is 0 Å². The zero-order valence-electron chi connectivity index (χ0n) is 18.6. The molecule has 0 radical (unpaired) electrons. The van der Waals surface area contributed by atoms with Crippen molar-refractivity contribution in [3.8, 4) is 34.0 Å². The van der Waals surface area contributed by atoms with Crippen LogP contribution in [-0.2, 0) is 13.0 Å². The molecule has 0 N–H and O–H groups in total. The van der Waals surface area contributed by atoms with Gasteiger partial charge < -0.3 is 9.47 Å². The van der Waals surface area contributed by atoms with Crippen LogP contribution in [0.25, 0.3) is 22.5 Å². The number of nitrogens with zero attached hydrogens (tertiary/aromatic N) is 2. The van der Waals surface area contributed by atoms with Crippen molar-refractivity contribution in [2.24, 2.45) is 0 Å². The number of hydrogen-bond acceptors (Lipinski definition) is 3. The lowest BCUT2D eigenvalue weighted by Gasteiger charge is -2.11. The zero-order chi connectivity index (χ0) is 21.8. The maximum atomic E-state index is 5.36. The summed E-state index contributed by atoms with van der Waals surface area (Å²) in [6.45, 7) is 5.01. The first-order chi connectivity index (χ1) is 15.1. The van der Waals surface area contributed by atoms with Crippen LogP contribution in [0, 0.1) is 6.92 Å². The molecule has 0 amide bonds. The Hall–Kier alpha value is -3.53. The lowest BCUT2D eigenvalue weighted by Crippen LogP contribution is -2.04. The van der Waals surface area contributed by atoms with Gasteiger partial charge in [0.25, 0.3) is 0 Å². The summed E-state index contributed by atoms with van der Waals surface area (Å²) in [7, 11) is 3.38. The number of aryl methyl sites for hydroxylation is 1. The van der Waals surface area contributed by atoms with E-state index >= 15 is 0 Å². The number of ether oxygens (including phenoxy) is 2. The Balaban J connectivity index is 1.85. The number of hydrogen-bond donors (Lipinski definition) is 0. The summed E-state index contributed by atoms with van der Waals surface area (Å²) < 4.78 is 12.8. The van der Waals surface area contributed by atoms with E-state index in [0.29, 0.717) is 6.54 Å². The van der Waals surface area contributed by atoms with Crippen molar-refractivity contribution >= 4 is 0 Å². The van der Waals surface area contributed by atoms with Crippen molar-refractivity contribution in [2.45, 2.75) is 26.8 Å². The van der Waals surface area contributed by atoms with Gasteiger partial charge in [-0.2, -0.15) is 5.10 Å². The zero-order valence-corrected chi connectivity index (χ0v) is 18.6. The third kappa shape index (κ3) is 4.33. The Bertz CT molecular complexity index is 1140. The van der Waals surface area contributed by atoms with E-state index in [1.54, 1.807) is 14.2 Å². The molecule has 0 atom stereocenters. The van der Waals surface area contributed by atoms with E-state index < -0.39 is 0 Å². The molecule has 0 aliphatic carbocycles. The molecule has 4 heteroatoms. The smallest absolute Gasteiger partial charge is 0.118 e. The van der Waals surface area contributed by atoms with Crippen LogP contribution in [0.15, 0.2) is 72.8 Å². The van der Waals surface area contributed by atoms with E-state index in [1.807, 2.05) is 24.3 Å². The van der Waals surface area contributed by atoms with Crippen LogP contribution in [0.4, 0.5) is 0 Å². The Morgan fingerprint density at radius 3 is 1.81 bits per heavy atom. The molecule has 0 saturated heterocycles. The van der Waals surface area contributed by atoms with Crippen molar-refractivity contribution in [2.75, 3.05) is 14.2 Å². The lowest BCUT2D eigenvalue weighted by atomic mass is 9.99. The van der Waals surface area contributed by atoms with E-state index in [0.717, 1.165) is 40.4 Å². The summed E-state index contributed by atoms with van der Waals surface area (Å²) in [6, 6.07) is 25.0. The van der Waals surface area contributed by atoms with Gasteiger partial charge in [-0.05, 0) is 67.4 Å². The van der Waals surface area contributed by atoms with Gasteiger partial charge in [-0.1, -0.05) is 36.8 Å². The van der Waals surface area contributed by atoms with E-state index in [-0.39, 0.29) is 0 Å². The molecule has 0 unspecified atom stereocenters. The highest BCUT2D eigenvalue weighted by atomic mass is 16.5. The topological polar surface area (TPSA) is 36.3 Å². The fourth-order valence-corrected chi connectivity index (χ4v) is 3.87. The number of benzene rings is 3. The van der Waals surface area contributed by atoms with Crippen LogP contribution in [-0.4, -0.2) is 24.0 Å². The summed E-state index contributed by atoms with van der Waals surface area (Å²) in [6.07, 6.45) is 0.886. The molecule has 158 valence electrons. The van der Waals surface area contributed by atoms with E-state index in [4.69, 9.17) is 14.6 Å². The maximum absolute atomic E-state index is 5.36. The van der Waals surface area contributed by atoms with E-state index in [1.165, 1.54) is 16.7 Å². The largest absolute Gasteiger partial charge is 0.497 e. The highest BCUT2D eigenvalue weighted by molar-refractivity contribution is 5.75. The molecule has 1 heterocycles. The average Bonchev–Trinajstić information content (AvgIpc) is 3.18. The normalized spacial score (nSPS) is 10.8. The molecule has 0 bridgehead atoms. The van der Waals surface area contributed by atoms with Gasteiger partial charge in [0.05, 0.1) is 32.2 Å². The highest BCUT2D eigenvalue weighted by Crippen LogP contribution is 2.34. The van der Waals surface area contributed by atoms with Gasteiger partial charge in [-0.15, -0.1) is 0 Å². The Kier molecular flexibility index (Phi) is 6.08. The molecular weight excluding hydrogens is 384 g/mol. The van der Waals surface area contributed by atoms with Crippen LogP contribution < -0.4 is 9.47 Å². The first-order valence-corrected chi connectivity index (χ1v) is 10.6. The summed E-state index contributed by atoms with van der Waals surface area (Å²) in [4.78, 5) is 0. The second-order valence-corrected chi connectivity index (χ2v) is 7.63. The lowest BCUT2D eigenvalue weighted by molar-refractivity contribution is 0.414. The molecular formula is C27H28N2O2. The number of methoxy groups -OCH3 is 2. The predicted octanol–water partition coefficient (Wildman–Crippen LogP) is 6.15. The van der Waals surface area contributed by atoms with Crippen LogP contribution in [0.3, 0.4) is 0 Å². The summed E-state index contributed by atoms with van der Waals surface area (Å²) in [5, 5.41) is 5.09. The molecule has 0 saturated carbocycles. The molecule has 0 aliphatic heterocycles. The minimum absolute atomic E-state index is 0.713. The van der Waals surface area contributed by atoms with Crippen LogP contribution in [0.1, 0.15) is 23.6 Å². The molecule has 1 aromatic heterocycles. The van der Waals surface area contributed by atoms with Crippen LogP contribution in [0.5, 0.6) is 11.5 Å². The maximum Gasteiger partial charge on any atom is 0.118 e. The molecule has 4 aromatic rings. The number of aromatic nitrogens is 2. The van der Waals surface area contributed by atoms with Gasteiger partial charge in [-0.3, -0.25) is 4.68 Å². The SMILES string of the molecule is CCc1c(-c2ccc(OC)cc2)nn(Cc2ccc(C)cc2)c1-c1ccc(OC)cc1. The first-order valence-electron chi connectivity index (χ1n) is 10.6. The average molecular weight is 413 g/mol. The molecule has 3 aromatic carbocycles. The summed E-state index contributed by atoms with van der Waals surface area (Å²) >= 11 is 0. The summed E-state index contributed by atoms with van der Waals surface area (Å²) in [5.74, 6) is 1.69. The minimum Gasteiger partial charge on any atom is -0.497 e. The van der Waals surface area contributed by atoms with Gasteiger partial charge in [0.15, 0.2) is 0 Å². The van der Waals surface area contributed by atoms with Crippen LogP contribution in [0.2, 0.25) is 0 Å². The van der Waals surface area contributed by atoms with Gasteiger partial charge in [0.1, 0.15) is 11.5 Å². The van der Waals surface area contributed by atoms with Gasteiger partial charge in [-0.25, -0.2) is 0 Å². The summed E-state index contributed by atoms with van der Waals surface area (Å²) in [5.41, 5.74) is 8.12. The second-order valence-electron chi connectivity index (χ2n) is 7.63. The fourth-order valence-electron chi connectivity index (χ4n) is 3.87. The Labute approximate surface area is 184 Å².